The lowest BCUT2D eigenvalue weighted by molar-refractivity contribution is -0.122. The number of benzene rings is 1. The molecule has 0 aliphatic heterocycles. The molecule has 10 heteroatoms. The lowest BCUT2D eigenvalue weighted by atomic mass is 10.1. The molecule has 1 aromatic carbocycles. The number of imidazole rings is 1. The van der Waals surface area contributed by atoms with Gasteiger partial charge in [-0.1, -0.05) is 12.1 Å². The Hall–Kier alpha value is -3.53. The predicted molar refractivity (Wildman–Crippen MR) is 110 cm³/mol. The highest BCUT2D eigenvalue weighted by molar-refractivity contribution is 5.90. The van der Waals surface area contributed by atoms with E-state index in [1.165, 1.54) is 5.57 Å². The topological polar surface area (TPSA) is 79.7 Å². The van der Waals surface area contributed by atoms with Crippen LogP contribution in [0.25, 0.3) is 22.6 Å². The summed E-state index contributed by atoms with van der Waals surface area (Å²) in [5.74, 6) is 0. The van der Waals surface area contributed by atoms with Gasteiger partial charge in [0.15, 0.2) is 0 Å². The number of aromatic nitrogens is 2. The van der Waals surface area contributed by atoms with Crippen molar-refractivity contribution in [2.24, 2.45) is 0 Å². The van der Waals surface area contributed by atoms with Crippen LogP contribution in [-0.4, -0.2) is 35.2 Å². The van der Waals surface area contributed by atoms with Gasteiger partial charge in [-0.2, -0.15) is 13.2 Å². The van der Waals surface area contributed by atoms with Crippen LogP contribution in [0.2, 0.25) is 0 Å². The summed E-state index contributed by atoms with van der Waals surface area (Å²) in [6.07, 6.45) is 1.20. The third-order valence-corrected chi connectivity index (χ3v) is 4.73. The van der Waals surface area contributed by atoms with Gasteiger partial charge in [0.25, 0.3) is 0 Å². The van der Waals surface area contributed by atoms with Gasteiger partial charge < -0.3 is 10.6 Å². The average molecular weight is 431 g/mol. The smallest absolute Gasteiger partial charge is 0.329 e. The fourth-order valence-electron chi connectivity index (χ4n) is 3.21. The molecule has 2 heterocycles. The van der Waals surface area contributed by atoms with Crippen molar-refractivity contribution in [2.75, 3.05) is 19.0 Å². The van der Waals surface area contributed by atoms with Gasteiger partial charge in [-0.3, -0.25) is 14.7 Å². The van der Waals surface area contributed by atoms with E-state index in [4.69, 9.17) is 4.84 Å². The summed E-state index contributed by atoms with van der Waals surface area (Å²) in [6.45, 7) is -1.40. The van der Waals surface area contributed by atoms with Crippen LogP contribution >= 0.6 is 0 Å². The quantitative estimate of drug-likeness (QED) is 0.508. The second-order valence-electron chi connectivity index (χ2n) is 7.08. The predicted octanol–water partition coefficient (Wildman–Crippen LogP) is 4.34. The summed E-state index contributed by atoms with van der Waals surface area (Å²) in [5, 5.41) is 4.20. The van der Waals surface area contributed by atoms with Crippen molar-refractivity contribution in [1.29, 1.82) is 0 Å². The summed E-state index contributed by atoms with van der Waals surface area (Å²) in [6, 6.07) is 9.79. The number of anilines is 1. The van der Waals surface area contributed by atoms with Crippen molar-refractivity contribution < 1.29 is 22.8 Å². The summed E-state index contributed by atoms with van der Waals surface area (Å²) in [4.78, 5) is 21.3. The normalized spacial score (nSPS) is 13.2. The highest BCUT2D eigenvalue weighted by Gasteiger charge is 2.27. The third kappa shape index (κ3) is 4.97. The van der Waals surface area contributed by atoms with Crippen molar-refractivity contribution in [3.8, 4) is 11.3 Å². The minimum atomic E-state index is -4.47. The Bertz CT molecular complexity index is 1150. The van der Waals surface area contributed by atoms with E-state index in [0.717, 1.165) is 41.0 Å². The van der Waals surface area contributed by atoms with Gasteiger partial charge in [0.05, 0.1) is 24.7 Å². The van der Waals surface area contributed by atoms with Crippen LogP contribution in [0.3, 0.4) is 0 Å². The Balaban J connectivity index is 1.56. The van der Waals surface area contributed by atoms with E-state index < -0.39 is 18.8 Å². The number of nitrogens with one attached hydrogen (secondary N) is 3. The molecule has 4 rings (SSSR count). The van der Waals surface area contributed by atoms with Crippen LogP contribution in [-0.2, 0) is 4.84 Å². The molecule has 1 fully saturated rings. The van der Waals surface area contributed by atoms with Gasteiger partial charge in [0.1, 0.15) is 12.2 Å². The fourth-order valence-corrected chi connectivity index (χ4v) is 3.21. The van der Waals surface area contributed by atoms with Crippen LogP contribution in [0.15, 0.2) is 54.4 Å². The first-order valence-electron chi connectivity index (χ1n) is 9.54. The van der Waals surface area contributed by atoms with E-state index in [0.29, 0.717) is 5.69 Å². The number of alkyl halides is 3. The first-order chi connectivity index (χ1) is 14.8. The Morgan fingerprint density at radius 3 is 2.74 bits per heavy atom. The standard InChI is InChI=1S/C21H20F3N5O2/c1-31-28-19(13-5-6-13)15-7-8-29-17(11-25-18(29)10-15)14-3-2-4-16(9-14)27-20(30)26-12-21(22,23)24/h2-4,7-11,28H,5-6,12H2,1H3,(H2,26,27,30). The van der Waals surface area contributed by atoms with Crippen molar-refractivity contribution >= 4 is 23.1 Å². The molecule has 31 heavy (non-hydrogen) atoms. The van der Waals surface area contributed by atoms with Crippen molar-refractivity contribution in [2.45, 2.75) is 19.0 Å². The molecule has 2 amide bonds. The maximum atomic E-state index is 12.3. The minimum Gasteiger partial charge on any atom is -0.329 e. The summed E-state index contributed by atoms with van der Waals surface area (Å²) in [7, 11) is 1.57. The summed E-state index contributed by atoms with van der Waals surface area (Å²) in [5.41, 5.74) is 8.78. The second kappa shape index (κ2) is 8.31. The van der Waals surface area contributed by atoms with Gasteiger partial charge in [-0.15, -0.1) is 0 Å². The molecule has 0 unspecified atom stereocenters. The maximum absolute atomic E-state index is 12.3. The second-order valence-corrected chi connectivity index (χ2v) is 7.08. The number of urea groups is 1. The summed E-state index contributed by atoms with van der Waals surface area (Å²) >= 11 is 0. The lowest BCUT2D eigenvalue weighted by Crippen LogP contribution is -2.36. The molecule has 1 aliphatic rings. The number of hydrogen-bond acceptors (Lipinski definition) is 4. The number of nitrogens with zero attached hydrogens (tertiary/aromatic N) is 2. The molecule has 3 aromatic rings. The van der Waals surface area contributed by atoms with Crippen molar-refractivity contribution in [1.82, 2.24) is 20.2 Å². The van der Waals surface area contributed by atoms with E-state index >= 15 is 0 Å². The van der Waals surface area contributed by atoms with E-state index in [2.05, 4.69) is 15.8 Å². The molecule has 0 saturated heterocycles. The first-order valence-corrected chi connectivity index (χ1v) is 9.54. The molecule has 7 nitrogen and oxygen atoms in total. The highest BCUT2D eigenvalue weighted by atomic mass is 19.4. The van der Waals surface area contributed by atoms with Crippen LogP contribution in [0, 0.1) is 0 Å². The van der Waals surface area contributed by atoms with Crippen molar-refractivity contribution in [3.05, 3.63) is 59.9 Å². The van der Waals surface area contributed by atoms with E-state index in [1.807, 2.05) is 28.8 Å². The number of pyridine rings is 1. The van der Waals surface area contributed by atoms with Gasteiger partial charge in [-0.25, -0.2) is 9.78 Å². The molecule has 3 N–H and O–H groups in total. The van der Waals surface area contributed by atoms with E-state index in [9.17, 15) is 18.0 Å². The number of hydrogen-bond donors (Lipinski definition) is 3. The number of carbonyl (C=O) groups excluding carboxylic acids is 1. The number of allylic oxidation sites excluding steroid dienone is 1. The number of carbonyl (C=O) groups is 1. The van der Waals surface area contributed by atoms with Crippen LogP contribution < -0.4 is 16.1 Å². The number of amides is 2. The number of fused-ring (bicyclic) bond motifs is 1. The van der Waals surface area contributed by atoms with Gasteiger partial charge in [-0.05, 0) is 42.7 Å². The Kier molecular flexibility index (Phi) is 5.55. The Labute approximate surface area is 175 Å². The fraction of sp³-hybridized carbons (Fsp3) is 0.238. The molecular weight excluding hydrogens is 411 g/mol. The van der Waals surface area contributed by atoms with E-state index in [1.54, 1.807) is 36.8 Å². The molecule has 162 valence electrons. The zero-order chi connectivity index (χ0) is 22.0. The van der Waals surface area contributed by atoms with Crippen LogP contribution in [0.4, 0.5) is 23.7 Å². The molecular formula is C21H20F3N5O2. The van der Waals surface area contributed by atoms with Crippen LogP contribution in [0.1, 0.15) is 18.4 Å². The monoisotopic (exact) mass is 431 g/mol. The maximum Gasteiger partial charge on any atom is 0.405 e. The van der Waals surface area contributed by atoms with Crippen LogP contribution in [0.5, 0.6) is 0 Å². The van der Waals surface area contributed by atoms with Gasteiger partial charge in [0, 0.05) is 23.0 Å². The Morgan fingerprint density at radius 2 is 2.03 bits per heavy atom. The highest BCUT2D eigenvalue weighted by Crippen LogP contribution is 2.35. The molecule has 1 saturated carbocycles. The zero-order valence-corrected chi connectivity index (χ0v) is 16.6. The van der Waals surface area contributed by atoms with Gasteiger partial charge >= 0.3 is 12.2 Å². The van der Waals surface area contributed by atoms with Gasteiger partial charge in [0.2, 0.25) is 0 Å². The molecule has 0 atom stereocenters. The minimum absolute atomic E-state index is 0.369. The Morgan fingerprint density at radius 1 is 1.23 bits per heavy atom. The molecule has 0 radical (unpaired) electrons. The third-order valence-electron chi connectivity index (χ3n) is 4.73. The van der Waals surface area contributed by atoms with E-state index in [-0.39, 0.29) is 0 Å². The summed E-state index contributed by atoms with van der Waals surface area (Å²) < 4.78 is 38.7. The SMILES string of the molecule is CONC(=C1CC1)c1ccn2c(-c3cccc(NC(=O)NCC(F)(F)F)c3)cnc2c1. The molecule has 0 bridgehead atoms. The largest absolute Gasteiger partial charge is 0.405 e. The molecule has 0 spiro atoms. The molecule has 2 aromatic heterocycles. The lowest BCUT2D eigenvalue weighted by Gasteiger charge is -2.11. The number of rotatable bonds is 6. The average Bonchev–Trinajstić information content (AvgIpc) is 3.48. The molecule has 1 aliphatic carbocycles. The zero-order valence-electron chi connectivity index (χ0n) is 16.6. The van der Waals surface area contributed by atoms with Crippen molar-refractivity contribution in [3.63, 3.8) is 0 Å². The first kappa shape index (κ1) is 20.7. The number of hydroxylamine groups is 1. The number of halogens is 3.